The Bertz CT molecular complexity index is 754. The fourth-order valence-corrected chi connectivity index (χ4v) is 2.77. The van der Waals surface area contributed by atoms with Crippen LogP contribution in [-0.4, -0.2) is 44.7 Å². The van der Waals surface area contributed by atoms with Gasteiger partial charge in [-0.15, -0.1) is 0 Å². The van der Waals surface area contributed by atoms with Crippen LogP contribution in [0.15, 0.2) is 18.5 Å². The van der Waals surface area contributed by atoms with Crippen molar-refractivity contribution in [2.45, 2.75) is 26.3 Å². The molecule has 3 amide bonds. The van der Waals surface area contributed by atoms with Crippen molar-refractivity contribution in [1.82, 2.24) is 19.7 Å². The molecule has 3 heterocycles. The first-order valence-electron chi connectivity index (χ1n) is 7.64. The number of rotatable bonds is 3. The molecule has 0 aromatic carbocycles. The monoisotopic (exact) mass is 316 g/mol. The topological polar surface area (TPSA) is 106 Å². The molecule has 0 bridgehead atoms. The lowest BCUT2D eigenvalue weighted by Gasteiger charge is -2.16. The lowest BCUT2D eigenvalue weighted by Crippen LogP contribution is -2.34. The van der Waals surface area contributed by atoms with Gasteiger partial charge >= 0.3 is 6.03 Å². The molecule has 0 aliphatic carbocycles. The smallest absolute Gasteiger partial charge is 0.321 e. The molecule has 8 nitrogen and oxygen atoms in total. The summed E-state index contributed by atoms with van der Waals surface area (Å²) in [5.74, 6) is -0.616. The molecule has 2 aromatic heterocycles. The molecule has 1 atom stereocenters. The highest BCUT2D eigenvalue weighted by Gasteiger charge is 2.29. The Morgan fingerprint density at radius 2 is 2.17 bits per heavy atom. The van der Waals surface area contributed by atoms with Gasteiger partial charge in [0.1, 0.15) is 0 Å². The number of likely N-dealkylation sites (tertiary alicyclic amines) is 1. The van der Waals surface area contributed by atoms with Gasteiger partial charge in [-0.1, -0.05) is 0 Å². The predicted octanol–water partition coefficient (Wildman–Crippen LogP) is 1.35. The molecule has 23 heavy (non-hydrogen) atoms. The number of primary amides is 1. The number of fused-ring (bicyclic) bond motifs is 1. The molecule has 1 aliphatic heterocycles. The largest absolute Gasteiger partial charge is 0.369 e. The van der Waals surface area contributed by atoms with Gasteiger partial charge in [0.2, 0.25) is 5.91 Å². The quantitative estimate of drug-likeness (QED) is 0.891. The lowest BCUT2D eigenvalue weighted by atomic mass is 10.1. The fraction of sp³-hybridized carbons (Fsp3) is 0.467. The van der Waals surface area contributed by atoms with E-state index in [9.17, 15) is 9.59 Å². The minimum atomic E-state index is -0.357. The van der Waals surface area contributed by atoms with Crippen molar-refractivity contribution in [3.8, 4) is 0 Å². The molecular weight excluding hydrogens is 296 g/mol. The summed E-state index contributed by atoms with van der Waals surface area (Å²) in [6.07, 6.45) is 3.96. The van der Waals surface area contributed by atoms with Crippen LogP contribution in [-0.2, 0) is 4.79 Å². The predicted molar refractivity (Wildman–Crippen MR) is 85.8 cm³/mol. The average Bonchev–Trinajstić information content (AvgIpc) is 3.13. The highest BCUT2D eigenvalue weighted by atomic mass is 16.2. The van der Waals surface area contributed by atoms with Crippen molar-refractivity contribution in [3.63, 3.8) is 0 Å². The molecular formula is C15H20N6O2. The summed E-state index contributed by atoms with van der Waals surface area (Å²) in [6.45, 7) is 4.96. The zero-order valence-corrected chi connectivity index (χ0v) is 13.2. The number of hydrogen-bond acceptors (Lipinski definition) is 4. The number of carbonyl (C=O) groups excluding carboxylic acids is 2. The molecule has 0 radical (unpaired) electrons. The second-order valence-electron chi connectivity index (χ2n) is 6.08. The molecule has 0 unspecified atom stereocenters. The number of nitrogens with one attached hydrogen (secondary N) is 1. The number of anilines is 1. The zero-order chi connectivity index (χ0) is 16.6. The lowest BCUT2D eigenvalue weighted by molar-refractivity contribution is -0.121. The van der Waals surface area contributed by atoms with Crippen molar-refractivity contribution in [1.29, 1.82) is 0 Å². The summed E-state index contributed by atoms with van der Waals surface area (Å²) >= 11 is 0. The van der Waals surface area contributed by atoms with Gasteiger partial charge in [0, 0.05) is 24.5 Å². The number of amides is 3. The Labute approximate surface area is 133 Å². The summed E-state index contributed by atoms with van der Waals surface area (Å²) < 4.78 is 1.83. The van der Waals surface area contributed by atoms with Gasteiger partial charge in [-0.2, -0.15) is 5.10 Å². The first kappa shape index (κ1) is 15.3. The van der Waals surface area contributed by atoms with Crippen LogP contribution in [0.25, 0.3) is 11.0 Å². The number of urea groups is 1. The van der Waals surface area contributed by atoms with E-state index in [-0.39, 0.29) is 23.9 Å². The fourth-order valence-electron chi connectivity index (χ4n) is 2.77. The van der Waals surface area contributed by atoms with E-state index in [1.807, 2.05) is 24.6 Å². The third kappa shape index (κ3) is 2.96. The second kappa shape index (κ2) is 5.86. The van der Waals surface area contributed by atoms with E-state index in [1.54, 1.807) is 17.3 Å². The van der Waals surface area contributed by atoms with Crippen LogP contribution < -0.4 is 11.1 Å². The Kier molecular flexibility index (Phi) is 3.89. The number of pyridine rings is 1. The number of nitrogens with two attached hydrogens (primary N) is 1. The van der Waals surface area contributed by atoms with Gasteiger partial charge in [-0.25, -0.2) is 14.5 Å². The molecule has 2 aromatic rings. The maximum Gasteiger partial charge on any atom is 0.321 e. The summed E-state index contributed by atoms with van der Waals surface area (Å²) in [7, 11) is 0. The number of hydrogen-bond donors (Lipinski definition) is 2. The van der Waals surface area contributed by atoms with E-state index in [1.165, 1.54) is 0 Å². The third-order valence-corrected chi connectivity index (χ3v) is 4.05. The van der Waals surface area contributed by atoms with Crippen LogP contribution in [0.2, 0.25) is 0 Å². The SMILES string of the molecule is CC(C)n1ncc2cc(NC(=O)N3CC[C@H](C(N)=O)C3)cnc21. The van der Waals surface area contributed by atoms with Gasteiger partial charge in [-0.05, 0) is 26.3 Å². The van der Waals surface area contributed by atoms with Gasteiger partial charge in [0.25, 0.3) is 0 Å². The summed E-state index contributed by atoms with van der Waals surface area (Å²) in [4.78, 5) is 29.4. The highest BCUT2D eigenvalue weighted by Crippen LogP contribution is 2.21. The Hall–Kier alpha value is -2.64. The van der Waals surface area contributed by atoms with Crippen LogP contribution >= 0.6 is 0 Å². The Balaban J connectivity index is 1.72. The molecule has 122 valence electrons. The van der Waals surface area contributed by atoms with Crippen molar-refractivity contribution in [2.75, 3.05) is 18.4 Å². The molecule has 0 spiro atoms. The van der Waals surface area contributed by atoms with Crippen molar-refractivity contribution < 1.29 is 9.59 Å². The van der Waals surface area contributed by atoms with Crippen LogP contribution in [0.1, 0.15) is 26.3 Å². The summed E-state index contributed by atoms with van der Waals surface area (Å²) in [6, 6.07) is 1.82. The van der Waals surface area contributed by atoms with Gasteiger partial charge in [-0.3, -0.25) is 4.79 Å². The average molecular weight is 316 g/mol. The van der Waals surface area contributed by atoms with E-state index >= 15 is 0 Å². The Morgan fingerprint density at radius 3 is 2.83 bits per heavy atom. The van der Waals surface area contributed by atoms with E-state index in [2.05, 4.69) is 15.4 Å². The maximum atomic E-state index is 12.2. The molecule has 3 rings (SSSR count). The first-order valence-corrected chi connectivity index (χ1v) is 7.64. The summed E-state index contributed by atoms with van der Waals surface area (Å²) in [5.41, 5.74) is 6.68. The molecule has 8 heteroatoms. The Morgan fingerprint density at radius 1 is 1.39 bits per heavy atom. The first-order chi connectivity index (χ1) is 11.0. The molecule has 1 saturated heterocycles. The summed E-state index contributed by atoms with van der Waals surface area (Å²) in [5, 5.41) is 7.98. The van der Waals surface area contributed by atoms with Crippen LogP contribution in [0, 0.1) is 5.92 Å². The van der Waals surface area contributed by atoms with Gasteiger partial charge < -0.3 is 16.0 Å². The second-order valence-corrected chi connectivity index (χ2v) is 6.08. The van der Waals surface area contributed by atoms with Crippen molar-refractivity contribution >= 4 is 28.7 Å². The minimum absolute atomic E-state index is 0.218. The van der Waals surface area contributed by atoms with E-state index < -0.39 is 0 Å². The number of aromatic nitrogens is 3. The van der Waals surface area contributed by atoms with Crippen molar-refractivity contribution in [2.24, 2.45) is 11.7 Å². The van der Waals surface area contributed by atoms with E-state index in [4.69, 9.17) is 5.73 Å². The van der Waals surface area contributed by atoms with Crippen molar-refractivity contribution in [3.05, 3.63) is 18.5 Å². The number of nitrogens with zero attached hydrogens (tertiary/aromatic N) is 4. The molecule has 1 fully saturated rings. The maximum absolute atomic E-state index is 12.2. The highest BCUT2D eigenvalue weighted by molar-refractivity contribution is 5.92. The van der Waals surface area contributed by atoms with E-state index in [0.717, 1.165) is 11.0 Å². The van der Waals surface area contributed by atoms with Crippen LogP contribution in [0.5, 0.6) is 0 Å². The normalized spacial score (nSPS) is 17.9. The third-order valence-electron chi connectivity index (χ3n) is 4.05. The standard InChI is InChI=1S/C15H20N6O2/c1-9(2)21-14-11(6-18-21)5-12(7-17-14)19-15(23)20-4-3-10(8-20)13(16)22/h5-7,9-10H,3-4,8H2,1-2H3,(H2,16,22)(H,19,23)/t10-/m0/s1. The molecule has 0 saturated carbocycles. The van der Waals surface area contributed by atoms with Gasteiger partial charge in [0.15, 0.2) is 5.65 Å². The van der Waals surface area contributed by atoms with E-state index in [0.29, 0.717) is 25.2 Å². The van der Waals surface area contributed by atoms with Crippen LogP contribution in [0.4, 0.5) is 10.5 Å². The van der Waals surface area contributed by atoms with Crippen LogP contribution in [0.3, 0.4) is 0 Å². The zero-order valence-electron chi connectivity index (χ0n) is 13.2. The minimum Gasteiger partial charge on any atom is -0.369 e. The number of carbonyl (C=O) groups is 2. The van der Waals surface area contributed by atoms with Gasteiger partial charge in [0.05, 0.1) is 24.0 Å². The molecule has 3 N–H and O–H groups in total. The molecule has 1 aliphatic rings.